The Morgan fingerprint density at radius 2 is 1.20 bits per heavy atom. The molecule has 0 aromatic carbocycles. The van der Waals surface area contributed by atoms with Crippen molar-refractivity contribution in [2.24, 2.45) is 0 Å². The van der Waals surface area contributed by atoms with E-state index in [1.165, 1.54) is 57.8 Å². The summed E-state index contributed by atoms with van der Waals surface area (Å²) in [5.41, 5.74) is 0. The average molecular weight is 208 g/mol. The van der Waals surface area contributed by atoms with Crippen LogP contribution >= 0.6 is 0 Å². The predicted octanol–water partition coefficient (Wildman–Crippen LogP) is 5.65. The molecule has 0 aliphatic rings. The third-order valence-electron chi connectivity index (χ3n) is 2.62. The maximum Gasteiger partial charge on any atom is -0.0351 e. The molecule has 0 aliphatic heterocycles. The molecule has 0 unspecified atom stereocenters. The standard InChI is InChI=1S/C15H28/c1-3-5-7-9-11-13-15-14-12-10-8-6-4-2/h3,5,14-15H,4,6-13H2,1-2H3/b5-3+,15-14-. The van der Waals surface area contributed by atoms with Crippen LogP contribution in [0, 0.1) is 0 Å². The van der Waals surface area contributed by atoms with Gasteiger partial charge in [0.05, 0.1) is 0 Å². The van der Waals surface area contributed by atoms with E-state index in [0.717, 1.165) is 0 Å². The summed E-state index contributed by atoms with van der Waals surface area (Å²) >= 11 is 0. The van der Waals surface area contributed by atoms with Gasteiger partial charge in [-0.25, -0.2) is 0 Å². The van der Waals surface area contributed by atoms with Gasteiger partial charge < -0.3 is 0 Å². The van der Waals surface area contributed by atoms with Gasteiger partial charge in [-0.3, -0.25) is 0 Å². The summed E-state index contributed by atoms with van der Waals surface area (Å²) in [7, 11) is 0. The number of hydrogen-bond acceptors (Lipinski definition) is 0. The van der Waals surface area contributed by atoms with E-state index < -0.39 is 0 Å². The minimum absolute atomic E-state index is 1.25. The van der Waals surface area contributed by atoms with Crippen molar-refractivity contribution >= 4 is 0 Å². The zero-order chi connectivity index (χ0) is 11.2. The monoisotopic (exact) mass is 208 g/mol. The van der Waals surface area contributed by atoms with Crippen molar-refractivity contribution in [3.63, 3.8) is 0 Å². The van der Waals surface area contributed by atoms with Crippen LogP contribution in [0.2, 0.25) is 0 Å². The molecule has 0 saturated carbocycles. The molecule has 0 radical (unpaired) electrons. The Labute approximate surface area is 96.5 Å². The van der Waals surface area contributed by atoms with Crippen LogP contribution in [0.1, 0.15) is 71.6 Å². The molecule has 0 spiro atoms. The van der Waals surface area contributed by atoms with Gasteiger partial charge in [-0.2, -0.15) is 0 Å². The summed E-state index contributed by atoms with van der Waals surface area (Å²) in [4.78, 5) is 0. The highest BCUT2D eigenvalue weighted by Crippen LogP contribution is 2.05. The van der Waals surface area contributed by atoms with E-state index >= 15 is 0 Å². The van der Waals surface area contributed by atoms with Crippen molar-refractivity contribution in [3.8, 4) is 0 Å². The van der Waals surface area contributed by atoms with Crippen LogP contribution in [0.25, 0.3) is 0 Å². The Morgan fingerprint density at radius 3 is 1.73 bits per heavy atom. The van der Waals surface area contributed by atoms with Crippen LogP contribution in [0.5, 0.6) is 0 Å². The molecule has 0 nitrogen and oxygen atoms in total. The molecular formula is C15H28. The van der Waals surface area contributed by atoms with Gasteiger partial charge in [0.2, 0.25) is 0 Å². The Morgan fingerprint density at radius 1 is 0.667 bits per heavy atom. The van der Waals surface area contributed by atoms with Crippen LogP contribution in [0.15, 0.2) is 24.3 Å². The third-order valence-corrected chi connectivity index (χ3v) is 2.62. The SMILES string of the molecule is C/C=C/CCCC/C=C\CCCCCC. The molecular weight excluding hydrogens is 180 g/mol. The minimum atomic E-state index is 1.25. The van der Waals surface area contributed by atoms with Crippen LogP contribution in [0.4, 0.5) is 0 Å². The van der Waals surface area contributed by atoms with Gasteiger partial charge in [0, 0.05) is 0 Å². The average Bonchev–Trinajstić information content (AvgIpc) is 2.26. The van der Waals surface area contributed by atoms with Crippen molar-refractivity contribution in [1.29, 1.82) is 0 Å². The highest BCUT2D eigenvalue weighted by Gasteiger charge is 1.85. The summed E-state index contributed by atoms with van der Waals surface area (Å²) in [6.07, 6.45) is 21.1. The lowest BCUT2D eigenvalue weighted by Crippen LogP contribution is -1.75. The highest BCUT2D eigenvalue weighted by molar-refractivity contribution is 4.82. The first-order valence-electron chi connectivity index (χ1n) is 6.68. The maximum atomic E-state index is 2.37. The molecule has 0 aliphatic carbocycles. The third kappa shape index (κ3) is 13.5. The lowest BCUT2D eigenvalue weighted by molar-refractivity contribution is 0.673. The first kappa shape index (κ1) is 14.5. The molecule has 0 heteroatoms. The number of hydrogen-bond donors (Lipinski definition) is 0. The fraction of sp³-hybridized carbons (Fsp3) is 0.733. The molecule has 0 aromatic rings. The van der Waals surface area contributed by atoms with Crippen molar-refractivity contribution in [1.82, 2.24) is 0 Å². The predicted molar refractivity (Wildman–Crippen MR) is 71.2 cm³/mol. The quantitative estimate of drug-likeness (QED) is 0.321. The van der Waals surface area contributed by atoms with E-state index in [4.69, 9.17) is 0 Å². The second kappa shape index (κ2) is 13.5. The van der Waals surface area contributed by atoms with Gasteiger partial charge in [-0.05, 0) is 45.4 Å². The van der Waals surface area contributed by atoms with Gasteiger partial charge in [0.1, 0.15) is 0 Å². The van der Waals surface area contributed by atoms with E-state index in [-0.39, 0.29) is 0 Å². The van der Waals surface area contributed by atoms with Crippen LogP contribution in [-0.4, -0.2) is 0 Å². The molecule has 0 amide bonds. The van der Waals surface area contributed by atoms with Crippen molar-refractivity contribution in [2.75, 3.05) is 0 Å². The fourth-order valence-corrected chi connectivity index (χ4v) is 1.62. The van der Waals surface area contributed by atoms with Crippen molar-refractivity contribution in [2.45, 2.75) is 71.6 Å². The molecule has 0 bridgehead atoms. The molecule has 15 heavy (non-hydrogen) atoms. The van der Waals surface area contributed by atoms with Crippen LogP contribution < -0.4 is 0 Å². The molecule has 0 rings (SSSR count). The van der Waals surface area contributed by atoms with Gasteiger partial charge >= 0.3 is 0 Å². The van der Waals surface area contributed by atoms with Crippen molar-refractivity contribution in [3.05, 3.63) is 24.3 Å². The molecule has 0 fully saturated rings. The Bertz CT molecular complexity index is 153. The molecule has 88 valence electrons. The lowest BCUT2D eigenvalue weighted by atomic mass is 10.1. The fourth-order valence-electron chi connectivity index (χ4n) is 1.62. The Balaban J connectivity index is 3.03. The van der Waals surface area contributed by atoms with Gasteiger partial charge in [-0.15, -0.1) is 0 Å². The second-order valence-electron chi connectivity index (χ2n) is 4.17. The Hall–Kier alpha value is -0.520. The zero-order valence-electron chi connectivity index (χ0n) is 10.7. The van der Waals surface area contributed by atoms with E-state index in [1.54, 1.807) is 0 Å². The number of rotatable bonds is 10. The smallest absolute Gasteiger partial charge is 0.0351 e. The number of allylic oxidation sites excluding steroid dienone is 4. The molecule has 0 saturated heterocycles. The van der Waals surface area contributed by atoms with E-state index in [9.17, 15) is 0 Å². The van der Waals surface area contributed by atoms with Crippen molar-refractivity contribution < 1.29 is 0 Å². The lowest BCUT2D eigenvalue weighted by Gasteiger charge is -1.95. The summed E-state index contributed by atoms with van der Waals surface area (Å²) in [5.74, 6) is 0. The largest absolute Gasteiger partial charge is 0.0917 e. The van der Waals surface area contributed by atoms with Gasteiger partial charge in [-0.1, -0.05) is 50.5 Å². The molecule has 0 N–H and O–H groups in total. The van der Waals surface area contributed by atoms with Crippen LogP contribution in [0.3, 0.4) is 0 Å². The first-order valence-corrected chi connectivity index (χ1v) is 6.68. The maximum absolute atomic E-state index is 2.37. The minimum Gasteiger partial charge on any atom is -0.0917 e. The Kier molecular flexibility index (Phi) is 13.0. The summed E-state index contributed by atoms with van der Waals surface area (Å²) in [6.45, 7) is 4.36. The highest BCUT2D eigenvalue weighted by atomic mass is 13.9. The van der Waals surface area contributed by atoms with Crippen LogP contribution in [-0.2, 0) is 0 Å². The normalized spacial score (nSPS) is 11.9. The molecule has 0 heterocycles. The molecule has 0 aromatic heterocycles. The zero-order valence-corrected chi connectivity index (χ0v) is 10.7. The summed E-state index contributed by atoms with van der Waals surface area (Å²) in [5, 5.41) is 0. The topological polar surface area (TPSA) is 0 Å². The van der Waals surface area contributed by atoms with E-state index in [1.807, 2.05) is 0 Å². The second-order valence-corrected chi connectivity index (χ2v) is 4.17. The summed E-state index contributed by atoms with van der Waals surface area (Å²) < 4.78 is 0. The van der Waals surface area contributed by atoms with Gasteiger partial charge in [0.25, 0.3) is 0 Å². The molecule has 0 atom stereocenters. The first-order chi connectivity index (χ1) is 7.41. The van der Waals surface area contributed by atoms with E-state index in [0.29, 0.717) is 0 Å². The summed E-state index contributed by atoms with van der Waals surface area (Å²) in [6, 6.07) is 0. The van der Waals surface area contributed by atoms with Gasteiger partial charge in [0.15, 0.2) is 0 Å². The van der Waals surface area contributed by atoms with E-state index in [2.05, 4.69) is 38.2 Å². The number of unbranched alkanes of at least 4 members (excludes halogenated alkanes) is 7.